The van der Waals surface area contributed by atoms with Gasteiger partial charge in [-0.05, 0) is 49.1 Å². The highest BCUT2D eigenvalue weighted by Crippen LogP contribution is 2.28. The number of amides is 2. The topological polar surface area (TPSA) is 59.1 Å². The van der Waals surface area contributed by atoms with E-state index in [0.29, 0.717) is 50.5 Å². The summed E-state index contributed by atoms with van der Waals surface area (Å²) in [5, 5.41) is 0. The summed E-state index contributed by atoms with van der Waals surface area (Å²) in [6, 6.07) is 15.5. The predicted molar refractivity (Wildman–Crippen MR) is 125 cm³/mol. The summed E-state index contributed by atoms with van der Waals surface area (Å²) in [4.78, 5) is 29.4. The van der Waals surface area contributed by atoms with Crippen LogP contribution in [0.4, 0.5) is 0 Å². The van der Waals surface area contributed by atoms with Crippen molar-refractivity contribution in [2.24, 2.45) is 5.92 Å². The van der Waals surface area contributed by atoms with Gasteiger partial charge in [-0.25, -0.2) is 0 Å². The Bertz CT molecular complexity index is 934. The van der Waals surface area contributed by atoms with Crippen LogP contribution in [-0.2, 0) is 16.1 Å². The smallest absolute Gasteiger partial charge is 0.246 e. The SMILES string of the molecule is CCN(Cc1ccc(OC)c(OC)c1)C(=O)C1CCN(C(=O)/C=C/c2ccccc2)CC1. The summed E-state index contributed by atoms with van der Waals surface area (Å²) in [6.07, 6.45) is 4.83. The fourth-order valence-corrected chi connectivity index (χ4v) is 3.99. The van der Waals surface area contributed by atoms with Crippen LogP contribution in [0.1, 0.15) is 30.9 Å². The summed E-state index contributed by atoms with van der Waals surface area (Å²) >= 11 is 0. The van der Waals surface area contributed by atoms with E-state index in [4.69, 9.17) is 9.47 Å². The second-order valence-corrected chi connectivity index (χ2v) is 7.89. The summed E-state index contributed by atoms with van der Waals surface area (Å²) in [5.74, 6) is 1.41. The lowest BCUT2D eigenvalue weighted by atomic mass is 9.95. The van der Waals surface area contributed by atoms with Gasteiger partial charge in [0.2, 0.25) is 11.8 Å². The molecule has 0 atom stereocenters. The second kappa shape index (κ2) is 11.4. The molecule has 2 aromatic rings. The number of hydrogen-bond acceptors (Lipinski definition) is 4. The molecule has 1 fully saturated rings. The molecule has 1 saturated heterocycles. The molecule has 0 bridgehead atoms. The van der Waals surface area contributed by atoms with Gasteiger partial charge in [-0.15, -0.1) is 0 Å². The van der Waals surface area contributed by atoms with Crippen molar-refractivity contribution in [2.75, 3.05) is 33.9 Å². The number of nitrogens with zero attached hydrogens (tertiary/aromatic N) is 2. The van der Waals surface area contributed by atoms with E-state index in [-0.39, 0.29) is 17.7 Å². The molecule has 0 unspecified atom stereocenters. The van der Waals surface area contributed by atoms with E-state index in [1.807, 2.05) is 71.3 Å². The average molecular weight is 437 g/mol. The summed E-state index contributed by atoms with van der Waals surface area (Å²) in [7, 11) is 3.21. The molecule has 0 aromatic heterocycles. The Morgan fingerprint density at radius 1 is 1.03 bits per heavy atom. The number of piperidine rings is 1. The fourth-order valence-electron chi connectivity index (χ4n) is 3.99. The molecule has 2 amide bonds. The molecule has 1 heterocycles. The molecule has 0 spiro atoms. The number of likely N-dealkylation sites (tertiary alicyclic amines) is 1. The van der Waals surface area contributed by atoms with Gasteiger partial charge in [0.1, 0.15) is 0 Å². The average Bonchev–Trinajstić information content (AvgIpc) is 2.86. The zero-order chi connectivity index (χ0) is 22.9. The van der Waals surface area contributed by atoms with Crippen LogP contribution in [-0.4, -0.2) is 55.5 Å². The highest BCUT2D eigenvalue weighted by atomic mass is 16.5. The minimum Gasteiger partial charge on any atom is -0.493 e. The molecule has 1 aliphatic rings. The molecule has 170 valence electrons. The quantitative estimate of drug-likeness (QED) is 0.587. The van der Waals surface area contributed by atoms with Gasteiger partial charge < -0.3 is 19.3 Å². The third kappa shape index (κ3) is 5.90. The molecule has 3 rings (SSSR count). The number of carbonyl (C=O) groups excluding carboxylic acids is 2. The Morgan fingerprint density at radius 2 is 1.72 bits per heavy atom. The number of hydrogen-bond donors (Lipinski definition) is 0. The van der Waals surface area contributed by atoms with Crippen molar-refractivity contribution in [1.82, 2.24) is 9.80 Å². The first kappa shape index (κ1) is 23.4. The minimum atomic E-state index is -0.0581. The van der Waals surface area contributed by atoms with Gasteiger partial charge in [-0.2, -0.15) is 0 Å². The lowest BCUT2D eigenvalue weighted by Crippen LogP contribution is -2.43. The first-order valence-electron chi connectivity index (χ1n) is 11.1. The predicted octanol–water partition coefficient (Wildman–Crippen LogP) is 4.00. The Labute approximate surface area is 190 Å². The third-order valence-corrected chi connectivity index (χ3v) is 5.89. The molecule has 0 aliphatic carbocycles. The Morgan fingerprint density at radius 3 is 2.34 bits per heavy atom. The van der Waals surface area contributed by atoms with Crippen molar-refractivity contribution in [2.45, 2.75) is 26.3 Å². The van der Waals surface area contributed by atoms with E-state index in [9.17, 15) is 9.59 Å². The van der Waals surface area contributed by atoms with Crippen molar-refractivity contribution < 1.29 is 19.1 Å². The van der Waals surface area contributed by atoms with Crippen LogP contribution in [0.15, 0.2) is 54.6 Å². The molecule has 0 radical (unpaired) electrons. The van der Waals surface area contributed by atoms with Crippen molar-refractivity contribution >= 4 is 17.9 Å². The third-order valence-electron chi connectivity index (χ3n) is 5.89. The zero-order valence-corrected chi connectivity index (χ0v) is 19.1. The van der Waals surface area contributed by atoms with Gasteiger partial charge in [0, 0.05) is 38.2 Å². The maximum atomic E-state index is 13.2. The van der Waals surface area contributed by atoms with Crippen LogP contribution in [0.5, 0.6) is 11.5 Å². The second-order valence-electron chi connectivity index (χ2n) is 7.89. The molecule has 0 saturated carbocycles. The van der Waals surface area contributed by atoms with Crippen LogP contribution >= 0.6 is 0 Å². The Kier molecular flexibility index (Phi) is 8.31. The maximum Gasteiger partial charge on any atom is 0.246 e. The Hall–Kier alpha value is -3.28. The van der Waals surface area contributed by atoms with E-state index in [0.717, 1.165) is 11.1 Å². The van der Waals surface area contributed by atoms with Crippen LogP contribution < -0.4 is 9.47 Å². The van der Waals surface area contributed by atoms with Crippen molar-refractivity contribution in [3.63, 3.8) is 0 Å². The molecular weight excluding hydrogens is 404 g/mol. The first-order valence-corrected chi connectivity index (χ1v) is 11.1. The van der Waals surface area contributed by atoms with E-state index < -0.39 is 0 Å². The number of ether oxygens (including phenoxy) is 2. The highest BCUT2D eigenvalue weighted by Gasteiger charge is 2.29. The lowest BCUT2D eigenvalue weighted by molar-refractivity contribution is -0.139. The standard InChI is InChI=1S/C26H32N2O4/c1-4-27(19-21-10-12-23(31-2)24(18-21)32-3)26(30)22-14-16-28(17-15-22)25(29)13-11-20-8-6-5-7-9-20/h5-13,18,22H,4,14-17,19H2,1-3H3/b13-11+. The van der Waals surface area contributed by atoms with Gasteiger partial charge in [0.15, 0.2) is 11.5 Å². The number of benzene rings is 2. The van der Waals surface area contributed by atoms with E-state index in [2.05, 4.69) is 0 Å². The number of carbonyl (C=O) groups is 2. The van der Waals surface area contributed by atoms with E-state index in [1.54, 1.807) is 20.3 Å². The molecule has 2 aromatic carbocycles. The normalized spacial score (nSPS) is 14.4. The molecule has 6 heteroatoms. The largest absolute Gasteiger partial charge is 0.493 e. The highest BCUT2D eigenvalue weighted by molar-refractivity contribution is 5.92. The maximum absolute atomic E-state index is 13.2. The molecular formula is C26H32N2O4. The van der Waals surface area contributed by atoms with Gasteiger partial charge in [-0.3, -0.25) is 9.59 Å². The fraction of sp³-hybridized carbons (Fsp3) is 0.385. The van der Waals surface area contributed by atoms with E-state index >= 15 is 0 Å². The van der Waals surface area contributed by atoms with Gasteiger partial charge in [0.25, 0.3) is 0 Å². The summed E-state index contributed by atoms with van der Waals surface area (Å²) in [6.45, 7) is 4.34. The van der Waals surface area contributed by atoms with Crippen LogP contribution in [0, 0.1) is 5.92 Å². The molecule has 6 nitrogen and oxygen atoms in total. The van der Waals surface area contributed by atoms with Gasteiger partial charge >= 0.3 is 0 Å². The number of methoxy groups -OCH3 is 2. The molecule has 32 heavy (non-hydrogen) atoms. The van der Waals surface area contributed by atoms with Gasteiger partial charge in [0.05, 0.1) is 14.2 Å². The monoisotopic (exact) mass is 436 g/mol. The molecule has 1 aliphatic heterocycles. The van der Waals surface area contributed by atoms with Crippen molar-refractivity contribution in [3.05, 3.63) is 65.7 Å². The Balaban J connectivity index is 1.55. The minimum absolute atomic E-state index is 0.00238. The lowest BCUT2D eigenvalue weighted by Gasteiger charge is -2.33. The first-order chi connectivity index (χ1) is 15.5. The summed E-state index contributed by atoms with van der Waals surface area (Å²) < 4.78 is 10.7. The van der Waals surface area contributed by atoms with Gasteiger partial charge in [-0.1, -0.05) is 36.4 Å². The van der Waals surface area contributed by atoms with Crippen molar-refractivity contribution in [1.29, 1.82) is 0 Å². The number of rotatable bonds is 8. The van der Waals surface area contributed by atoms with Crippen LogP contribution in [0.25, 0.3) is 6.08 Å². The van der Waals surface area contributed by atoms with Crippen LogP contribution in [0.2, 0.25) is 0 Å². The zero-order valence-electron chi connectivity index (χ0n) is 19.1. The summed E-state index contributed by atoms with van der Waals surface area (Å²) in [5.41, 5.74) is 2.00. The van der Waals surface area contributed by atoms with Crippen LogP contribution in [0.3, 0.4) is 0 Å². The van der Waals surface area contributed by atoms with E-state index in [1.165, 1.54) is 0 Å². The molecule has 0 N–H and O–H groups in total. The van der Waals surface area contributed by atoms with Crippen molar-refractivity contribution in [3.8, 4) is 11.5 Å².